The monoisotopic (exact) mass is 469 g/mol. The maximum Gasteiger partial charge on any atom is 0.268 e. The number of benzene rings is 3. The number of nitrogens with one attached hydrogen (secondary N) is 2. The SMILES string of the molecule is COCCNC(=O)c1cc2cc(NC(=O)c3ccc(C)cc3)ccc2n1Cc1cc(C)ccc1C. The number of hydrogen-bond donors (Lipinski definition) is 2. The van der Waals surface area contributed by atoms with Crippen LogP contribution in [0.3, 0.4) is 0 Å². The molecule has 4 aromatic rings. The minimum absolute atomic E-state index is 0.159. The number of carbonyl (C=O) groups is 2. The normalized spacial score (nSPS) is 11.0. The molecule has 6 nitrogen and oxygen atoms in total. The number of carbonyl (C=O) groups excluding carboxylic acids is 2. The van der Waals surface area contributed by atoms with Gasteiger partial charge < -0.3 is 19.9 Å². The Morgan fingerprint density at radius 1 is 0.857 bits per heavy atom. The van der Waals surface area contributed by atoms with Gasteiger partial charge in [-0.15, -0.1) is 0 Å². The second-order valence-electron chi connectivity index (χ2n) is 8.89. The fraction of sp³-hybridized carbons (Fsp3) is 0.241. The first-order chi connectivity index (χ1) is 16.9. The minimum Gasteiger partial charge on any atom is -0.383 e. The Morgan fingerprint density at radius 3 is 2.34 bits per heavy atom. The quantitative estimate of drug-likeness (QED) is 0.347. The van der Waals surface area contributed by atoms with Gasteiger partial charge in [0, 0.05) is 42.4 Å². The fourth-order valence-electron chi connectivity index (χ4n) is 4.11. The van der Waals surface area contributed by atoms with Gasteiger partial charge in [0.1, 0.15) is 5.69 Å². The van der Waals surface area contributed by atoms with Gasteiger partial charge in [-0.1, -0.05) is 41.5 Å². The van der Waals surface area contributed by atoms with Crippen LogP contribution >= 0.6 is 0 Å². The predicted molar refractivity (Wildman–Crippen MR) is 140 cm³/mol. The zero-order valence-electron chi connectivity index (χ0n) is 20.6. The average Bonchev–Trinajstić information content (AvgIpc) is 3.19. The molecule has 0 saturated heterocycles. The summed E-state index contributed by atoms with van der Waals surface area (Å²) in [7, 11) is 1.61. The number of anilines is 1. The van der Waals surface area contributed by atoms with Crippen LogP contribution < -0.4 is 10.6 Å². The summed E-state index contributed by atoms with van der Waals surface area (Å²) in [5.74, 6) is -0.328. The fourth-order valence-corrected chi connectivity index (χ4v) is 4.11. The number of amides is 2. The lowest BCUT2D eigenvalue weighted by Crippen LogP contribution is -2.29. The molecule has 180 valence electrons. The van der Waals surface area contributed by atoms with Crippen LogP contribution in [0.1, 0.15) is 43.1 Å². The molecule has 0 radical (unpaired) electrons. The van der Waals surface area contributed by atoms with Gasteiger partial charge in [0.05, 0.1) is 6.61 Å². The van der Waals surface area contributed by atoms with E-state index in [1.54, 1.807) is 7.11 Å². The first kappa shape index (κ1) is 24.2. The summed E-state index contributed by atoms with van der Waals surface area (Å²) in [6.45, 7) is 7.58. The second-order valence-corrected chi connectivity index (χ2v) is 8.89. The lowest BCUT2D eigenvalue weighted by molar-refractivity contribution is 0.0928. The van der Waals surface area contributed by atoms with Crippen LogP contribution in [0.2, 0.25) is 0 Å². The molecule has 0 aliphatic heterocycles. The van der Waals surface area contributed by atoms with Gasteiger partial charge in [0.2, 0.25) is 0 Å². The molecule has 3 aromatic carbocycles. The van der Waals surface area contributed by atoms with E-state index >= 15 is 0 Å². The third-order valence-electron chi connectivity index (χ3n) is 6.13. The lowest BCUT2D eigenvalue weighted by Gasteiger charge is -2.14. The van der Waals surface area contributed by atoms with Crippen LogP contribution in [-0.2, 0) is 11.3 Å². The highest BCUT2D eigenvalue weighted by atomic mass is 16.5. The summed E-state index contributed by atoms with van der Waals surface area (Å²) < 4.78 is 7.11. The van der Waals surface area contributed by atoms with Crippen molar-refractivity contribution in [3.8, 4) is 0 Å². The highest BCUT2D eigenvalue weighted by Gasteiger charge is 2.17. The van der Waals surface area contributed by atoms with Crippen molar-refractivity contribution in [2.75, 3.05) is 25.6 Å². The first-order valence-electron chi connectivity index (χ1n) is 11.7. The largest absolute Gasteiger partial charge is 0.383 e. The molecule has 0 bridgehead atoms. The molecule has 0 saturated carbocycles. The van der Waals surface area contributed by atoms with Crippen LogP contribution in [0.5, 0.6) is 0 Å². The molecule has 2 amide bonds. The molecule has 6 heteroatoms. The van der Waals surface area contributed by atoms with Crippen molar-refractivity contribution in [1.29, 1.82) is 0 Å². The third kappa shape index (κ3) is 5.61. The molecule has 0 aliphatic carbocycles. The van der Waals surface area contributed by atoms with Gasteiger partial charge in [-0.05, 0) is 68.3 Å². The van der Waals surface area contributed by atoms with Crippen molar-refractivity contribution >= 4 is 28.4 Å². The van der Waals surface area contributed by atoms with Gasteiger partial charge in [0.15, 0.2) is 0 Å². The summed E-state index contributed by atoms with van der Waals surface area (Å²) >= 11 is 0. The summed E-state index contributed by atoms with van der Waals surface area (Å²) in [6, 6.07) is 21.4. The van der Waals surface area contributed by atoms with Crippen molar-refractivity contribution in [2.24, 2.45) is 0 Å². The summed E-state index contributed by atoms with van der Waals surface area (Å²) in [4.78, 5) is 25.8. The Balaban J connectivity index is 1.69. The molecule has 35 heavy (non-hydrogen) atoms. The molecule has 0 fully saturated rings. The van der Waals surface area contributed by atoms with Crippen LogP contribution in [0, 0.1) is 20.8 Å². The van der Waals surface area contributed by atoms with E-state index in [-0.39, 0.29) is 11.8 Å². The zero-order valence-corrected chi connectivity index (χ0v) is 20.6. The van der Waals surface area contributed by atoms with Gasteiger partial charge in [0.25, 0.3) is 11.8 Å². The number of aryl methyl sites for hydroxylation is 3. The topological polar surface area (TPSA) is 72.4 Å². The van der Waals surface area contributed by atoms with E-state index in [9.17, 15) is 9.59 Å². The van der Waals surface area contributed by atoms with E-state index in [2.05, 4.69) is 42.7 Å². The Morgan fingerprint density at radius 2 is 1.60 bits per heavy atom. The third-order valence-corrected chi connectivity index (χ3v) is 6.13. The van der Waals surface area contributed by atoms with E-state index in [4.69, 9.17) is 4.74 Å². The van der Waals surface area contributed by atoms with Crippen LogP contribution in [0.4, 0.5) is 5.69 Å². The Kier molecular flexibility index (Phi) is 7.32. The van der Waals surface area contributed by atoms with Gasteiger partial charge in [-0.2, -0.15) is 0 Å². The van der Waals surface area contributed by atoms with Crippen molar-refractivity contribution in [1.82, 2.24) is 9.88 Å². The van der Waals surface area contributed by atoms with Gasteiger partial charge in [-0.3, -0.25) is 9.59 Å². The summed E-state index contributed by atoms with van der Waals surface area (Å²) in [5.41, 5.74) is 7.38. The molecular weight excluding hydrogens is 438 g/mol. The van der Waals surface area contributed by atoms with E-state index in [0.29, 0.717) is 36.6 Å². The maximum absolute atomic E-state index is 13.1. The molecule has 0 aliphatic rings. The van der Waals surface area contributed by atoms with E-state index in [1.165, 1.54) is 11.1 Å². The molecule has 0 spiro atoms. The highest BCUT2D eigenvalue weighted by molar-refractivity contribution is 6.06. The smallest absolute Gasteiger partial charge is 0.268 e. The Bertz CT molecular complexity index is 1370. The average molecular weight is 470 g/mol. The van der Waals surface area contributed by atoms with Crippen LogP contribution in [0.25, 0.3) is 10.9 Å². The highest BCUT2D eigenvalue weighted by Crippen LogP contribution is 2.26. The number of methoxy groups -OCH3 is 1. The predicted octanol–water partition coefficient (Wildman–Crippen LogP) is 5.24. The number of ether oxygens (including phenoxy) is 1. The Labute approximate surface area is 205 Å². The molecule has 1 heterocycles. The van der Waals surface area contributed by atoms with Crippen molar-refractivity contribution in [3.05, 3.63) is 100 Å². The van der Waals surface area contributed by atoms with E-state index in [1.807, 2.05) is 60.0 Å². The standard InChI is InChI=1S/C29H31N3O3/c1-19-6-9-22(10-7-19)28(33)31-25-11-12-26-23(16-25)17-27(29(34)30-13-14-35-4)32(26)18-24-15-20(2)5-8-21(24)3/h5-12,15-17H,13-14,18H2,1-4H3,(H,30,34)(H,31,33). The van der Waals surface area contributed by atoms with Crippen LogP contribution in [0.15, 0.2) is 66.7 Å². The van der Waals surface area contributed by atoms with Crippen molar-refractivity contribution in [2.45, 2.75) is 27.3 Å². The number of fused-ring (bicyclic) bond motifs is 1. The number of hydrogen-bond acceptors (Lipinski definition) is 3. The molecular formula is C29H31N3O3. The first-order valence-corrected chi connectivity index (χ1v) is 11.7. The lowest BCUT2D eigenvalue weighted by atomic mass is 10.1. The number of nitrogens with zero attached hydrogens (tertiary/aromatic N) is 1. The summed E-state index contributed by atoms with van der Waals surface area (Å²) in [5, 5.41) is 6.79. The molecule has 1 aromatic heterocycles. The second kappa shape index (κ2) is 10.6. The zero-order chi connectivity index (χ0) is 24.9. The molecule has 0 unspecified atom stereocenters. The molecule has 4 rings (SSSR count). The van der Waals surface area contributed by atoms with Crippen molar-refractivity contribution in [3.63, 3.8) is 0 Å². The summed E-state index contributed by atoms with van der Waals surface area (Å²) in [6.07, 6.45) is 0. The van der Waals surface area contributed by atoms with E-state index in [0.717, 1.165) is 22.0 Å². The maximum atomic E-state index is 13.1. The number of rotatable bonds is 8. The number of aromatic nitrogens is 1. The van der Waals surface area contributed by atoms with Crippen LogP contribution in [-0.4, -0.2) is 36.6 Å². The molecule has 0 atom stereocenters. The molecule has 2 N–H and O–H groups in total. The van der Waals surface area contributed by atoms with Gasteiger partial charge in [-0.25, -0.2) is 0 Å². The minimum atomic E-state index is -0.170. The van der Waals surface area contributed by atoms with Gasteiger partial charge >= 0.3 is 0 Å². The van der Waals surface area contributed by atoms with E-state index < -0.39 is 0 Å². The van der Waals surface area contributed by atoms with Crippen molar-refractivity contribution < 1.29 is 14.3 Å². The Hall–Kier alpha value is -3.90.